The summed E-state index contributed by atoms with van der Waals surface area (Å²) in [6.07, 6.45) is 0. The minimum atomic E-state index is -1.78. The average Bonchev–Trinajstić information content (AvgIpc) is 2.90. The van der Waals surface area contributed by atoms with Crippen LogP contribution in [0.4, 0.5) is 10.1 Å². The first-order chi connectivity index (χ1) is 18.6. The maximum absolute atomic E-state index is 13.8. The molecule has 0 radical (unpaired) electrons. The predicted molar refractivity (Wildman–Crippen MR) is 151 cm³/mol. The first-order valence-electron chi connectivity index (χ1n) is 11.4. The van der Waals surface area contributed by atoms with Crippen LogP contribution in [0.1, 0.15) is 15.9 Å². The van der Waals surface area contributed by atoms with Gasteiger partial charge in [-0.05, 0) is 53.4 Å². The minimum Gasteiger partial charge on any atom is -0.532 e. The summed E-state index contributed by atoms with van der Waals surface area (Å²) in [6, 6.07) is 19.1. The zero-order valence-corrected chi connectivity index (χ0v) is 22.2. The number of benzene rings is 4. The van der Waals surface area contributed by atoms with Gasteiger partial charge in [0.1, 0.15) is 23.9 Å². The number of halogens is 4. The zero-order valence-electron chi connectivity index (χ0n) is 19.9. The van der Waals surface area contributed by atoms with E-state index in [-0.39, 0.29) is 44.1 Å². The molecule has 0 heterocycles. The van der Waals surface area contributed by atoms with Crippen molar-refractivity contribution < 1.29 is 33.6 Å². The Morgan fingerprint density at radius 2 is 1.56 bits per heavy atom. The van der Waals surface area contributed by atoms with Crippen molar-refractivity contribution in [3.05, 3.63) is 111 Å². The summed E-state index contributed by atoms with van der Waals surface area (Å²) >= 11 is 18.6. The lowest BCUT2D eigenvalue weighted by molar-refractivity contribution is 0.102. The van der Waals surface area contributed by atoms with Gasteiger partial charge in [0.25, 0.3) is 5.91 Å². The monoisotopic (exact) mass is 587 g/mol. The van der Waals surface area contributed by atoms with E-state index in [2.05, 4.69) is 5.32 Å². The quantitative estimate of drug-likeness (QED) is 0.220. The molecule has 0 atom stereocenters. The van der Waals surface area contributed by atoms with Crippen molar-refractivity contribution in [3.63, 3.8) is 0 Å². The van der Waals surface area contributed by atoms with E-state index < -0.39 is 26.0 Å². The summed E-state index contributed by atoms with van der Waals surface area (Å²) in [5.74, 6) is -0.583. The van der Waals surface area contributed by atoms with Gasteiger partial charge in [-0.1, -0.05) is 65.1 Å². The number of anilines is 1. The van der Waals surface area contributed by atoms with Gasteiger partial charge < -0.3 is 29.8 Å². The van der Waals surface area contributed by atoms with E-state index in [4.69, 9.17) is 44.2 Å². The number of carbonyl (C=O) groups excluding carboxylic acids is 1. The summed E-state index contributed by atoms with van der Waals surface area (Å²) in [5.41, 5.74) is 0.916. The van der Waals surface area contributed by atoms with E-state index in [0.29, 0.717) is 16.8 Å². The van der Waals surface area contributed by atoms with E-state index in [9.17, 15) is 24.3 Å². The second-order valence-corrected chi connectivity index (χ2v) is 9.47. The van der Waals surface area contributed by atoms with Crippen molar-refractivity contribution in [1.82, 2.24) is 0 Å². The Morgan fingerprint density at radius 1 is 0.846 bits per heavy atom. The first-order valence-corrected chi connectivity index (χ1v) is 12.5. The van der Waals surface area contributed by atoms with Gasteiger partial charge in [0.05, 0.1) is 26.3 Å². The molecule has 4 rings (SSSR count). The normalized spacial score (nSPS) is 10.6. The Bertz CT molecular complexity index is 1510. The molecule has 0 aliphatic heterocycles. The van der Waals surface area contributed by atoms with E-state index in [0.717, 1.165) is 0 Å². The SMILES string of the molecule is O=C(Nc1cc(OB(O)c2ccc(OCc3ccccc3F)c(Cl)c2)ccc1Cl)c1cc(B(O)O)ccc1Cl. The third-order valence-electron chi connectivity index (χ3n) is 5.55. The first kappa shape index (κ1) is 28.8. The lowest BCUT2D eigenvalue weighted by Crippen LogP contribution is -2.36. The van der Waals surface area contributed by atoms with E-state index in [1.807, 2.05) is 0 Å². The molecule has 0 bridgehead atoms. The predicted octanol–water partition coefficient (Wildman–Crippen LogP) is 4.06. The van der Waals surface area contributed by atoms with Crippen molar-refractivity contribution in [3.8, 4) is 11.5 Å². The highest BCUT2D eigenvalue weighted by molar-refractivity contribution is 6.61. The van der Waals surface area contributed by atoms with Crippen LogP contribution < -0.4 is 25.6 Å². The number of rotatable bonds is 9. The van der Waals surface area contributed by atoms with Crippen LogP contribution in [0, 0.1) is 5.82 Å². The molecule has 0 aliphatic rings. The highest BCUT2D eigenvalue weighted by atomic mass is 35.5. The Kier molecular flexibility index (Phi) is 9.40. The van der Waals surface area contributed by atoms with Crippen LogP contribution in [-0.2, 0) is 6.61 Å². The van der Waals surface area contributed by atoms with Crippen LogP contribution >= 0.6 is 34.8 Å². The number of hydrogen-bond acceptors (Lipinski definition) is 6. The average molecular weight is 588 g/mol. The zero-order chi connectivity index (χ0) is 28.1. The molecule has 39 heavy (non-hydrogen) atoms. The molecule has 0 aromatic heterocycles. The molecule has 1 amide bonds. The van der Waals surface area contributed by atoms with Crippen molar-refractivity contribution in [2.45, 2.75) is 6.61 Å². The van der Waals surface area contributed by atoms with Crippen LogP contribution in [0.3, 0.4) is 0 Å². The van der Waals surface area contributed by atoms with Crippen molar-refractivity contribution in [2.75, 3.05) is 5.32 Å². The van der Waals surface area contributed by atoms with E-state index in [1.54, 1.807) is 18.2 Å². The van der Waals surface area contributed by atoms with E-state index >= 15 is 0 Å². The number of hydrogen-bond donors (Lipinski definition) is 4. The van der Waals surface area contributed by atoms with Gasteiger partial charge in [0, 0.05) is 11.6 Å². The van der Waals surface area contributed by atoms with Crippen LogP contribution in [-0.4, -0.2) is 35.2 Å². The second-order valence-electron chi connectivity index (χ2n) is 8.25. The fourth-order valence-electron chi connectivity index (χ4n) is 3.50. The van der Waals surface area contributed by atoms with Crippen LogP contribution in [0.15, 0.2) is 78.9 Å². The minimum absolute atomic E-state index is 0.00311. The fraction of sp³-hybridized carbons (Fsp3) is 0.0385. The van der Waals surface area contributed by atoms with E-state index in [1.165, 1.54) is 60.7 Å². The Hall–Kier alpha value is -3.24. The molecular formula is C26H19B2Cl3FNO6. The molecule has 0 fully saturated rings. The summed E-state index contributed by atoms with van der Waals surface area (Å²) in [6.45, 7) is -0.0276. The van der Waals surface area contributed by atoms with Gasteiger partial charge in [-0.3, -0.25) is 4.79 Å². The molecule has 0 saturated heterocycles. The molecule has 0 unspecified atom stereocenters. The molecule has 198 valence electrons. The molecule has 0 spiro atoms. The lowest BCUT2D eigenvalue weighted by atomic mass is 9.79. The van der Waals surface area contributed by atoms with Crippen LogP contribution in [0.25, 0.3) is 0 Å². The van der Waals surface area contributed by atoms with Crippen molar-refractivity contribution in [2.24, 2.45) is 0 Å². The lowest BCUT2D eigenvalue weighted by Gasteiger charge is -2.15. The van der Waals surface area contributed by atoms with Crippen molar-refractivity contribution in [1.29, 1.82) is 0 Å². The molecule has 4 N–H and O–H groups in total. The smallest absolute Gasteiger partial charge is 0.532 e. The third kappa shape index (κ3) is 7.24. The molecule has 0 aliphatic carbocycles. The van der Waals surface area contributed by atoms with Gasteiger partial charge in [0.2, 0.25) is 0 Å². The summed E-state index contributed by atoms with van der Waals surface area (Å²) in [5, 5.41) is 32.4. The second kappa shape index (κ2) is 12.7. The Morgan fingerprint density at radius 3 is 2.28 bits per heavy atom. The van der Waals surface area contributed by atoms with Crippen LogP contribution in [0.5, 0.6) is 11.5 Å². The maximum atomic E-state index is 13.8. The van der Waals surface area contributed by atoms with Gasteiger partial charge in [-0.15, -0.1) is 0 Å². The van der Waals surface area contributed by atoms with Gasteiger partial charge in [0.15, 0.2) is 0 Å². The molecule has 7 nitrogen and oxygen atoms in total. The topological polar surface area (TPSA) is 108 Å². The number of carbonyl (C=O) groups is 1. The maximum Gasteiger partial charge on any atom is 0.560 e. The molecule has 0 saturated carbocycles. The summed E-state index contributed by atoms with van der Waals surface area (Å²) in [7, 11) is -3.22. The highest BCUT2D eigenvalue weighted by Crippen LogP contribution is 2.29. The fourth-order valence-corrected chi connectivity index (χ4v) is 4.11. The number of amides is 1. The van der Waals surface area contributed by atoms with Gasteiger partial charge in [-0.2, -0.15) is 0 Å². The summed E-state index contributed by atoms with van der Waals surface area (Å²) in [4.78, 5) is 12.8. The van der Waals surface area contributed by atoms with Crippen molar-refractivity contribution >= 4 is 71.6 Å². The van der Waals surface area contributed by atoms with Crippen LogP contribution in [0.2, 0.25) is 15.1 Å². The Balaban J connectivity index is 1.44. The van der Waals surface area contributed by atoms with Gasteiger partial charge >= 0.3 is 14.2 Å². The molecule has 13 heteroatoms. The molecule has 4 aromatic carbocycles. The standard InChI is InChI=1S/C26H19B2Cl3FNO6/c29-20-8-5-16(27(35)36)11-19(20)26(34)33-24-13-18(7-9-21(24)30)39-28(37)17-6-10-25(22(31)12-17)38-14-15-3-1-2-4-23(15)32/h1-13,35-37H,14H2,(H,33,34). The highest BCUT2D eigenvalue weighted by Gasteiger charge is 2.22. The molecular weight excluding hydrogens is 569 g/mol. The summed E-state index contributed by atoms with van der Waals surface area (Å²) < 4.78 is 25.0. The molecule has 4 aromatic rings. The number of ether oxygens (including phenoxy) is 1. The number of nitrogens with one attached hydrogen (secondary N) is 1. The van der Waals surface area contributed by atoms with Gasteiger partial charge in [-0.25, -0.2) is 4.39 Å². The third-order valence-corrected chi connectivity index (χ3v) is 6.50. The Labute approximate surface area is 239 Å². The largest absolute Gasteiger partial charge is 0.560 e.